The molecule has 1 aliphatic heterocycles. The minimum Gasteiger partial charge on any atom is -0.495 e. The fourth-order valence-corrected chi connectivity index (χ4v) is 4.24. The fourth-order valence-electron chi connectivity index (χ4n) is 3.06. The zero-order valence-corrected chi connectivity index (χ0v) is 20.3. The lowest BCUT2D eigenvalue weighted by atomic mass is 10.1. The van der Waals surface area contributed by atoms with Gasteiger partial charge < -0.3 is 14.8 Å². The number of halogens is 1. The highest BCUT2D eigenvalue weighted by Gasteiger charge is 2.28. The van der Waals surface area contributed by atoms with Crippen molar-refractivity contribution in [3.63, 3.8) is 0 Å². The summed E-state index contributed by atoms with van der Waals surface area (Å²) in [5, 5.41) is 4.04. The van der Waals surface area contributed by atoms with E-state index in [-0.39, 0.29) is 11.7 Å². The van der Waals surface area contributed by atoms with Crippen molar-refractivity contribution in [1.29, 1.82) is 0 Å². The molecule has 0 unspecified atom stereocenters. The number of carbonyl (C=O) groups is 1. The van der Waals surface area contributed by atoms with E-state index in [9.17, 15) is 4.79 Å². The number of anilines is 1. The van der Waals surface area contributed by atoms with Gasteiger partial charge in [0.25, 0.3) is 0 Å². The number of nitrogens with zero attached hydrogens (tertiary/aromatic N) is 2. The van der Waals surface area contributed by atoms with Crippen LogP contribution in [0.15, 0.2) is 52.4 Å². The standard InChI is InChI=1S/C24H28ClN3O3S/c1-5-6-13-31-18-10-7-16(8-11-18)22-23(28-24(2,3)27-22)32-15-21(29)26-17-9-12-20(30-4)19(25)14-17/h7-12,14H,5-6,13,15H2,1-4H3,(H,26,29). The molecule has 170 valence electrons. The number of nitrogens with one attached hydrogen (secondary N) is 1. The number of ether oxygens (including phenoxy) is 2. The molecule has 8 heteroatoms. The van der Waals surface area contributed by atoms with Gasteiger partial charge in [-0.05, 0) is 62.7 Å². The third-order valence-corrected chi connectivity index (χ3v) is 5.89. The zero-order valence-electron chi connectivity index (χ0n) is 18.8. The van der Waals surface area contributed by atoms with Crippen LogP contribution in [0.1, 0.15) is 39.2 Å². The summed E-state index contributed by atoms with van der Waals surface area (Å²) in [4.78, 5) is 22.0. The van der Waals surface area contributed by atoms with E-state index in [0.29, 0.717) is 23.1 Å². The van der Waals surface area contributed by atoms with Crippen LogP contribution >= 0.6 is 23.4 Å². The molecule has 0 spiro atoms. The van der Waals surface area contributed by atoms with Crippen LogP contribution in [-0.4, -0.2) is 41.8 Å². The maximum absolute atomic E-state index is 12.5. The Morgan fingerprint density at radius 3 is 2.56 bits per heavy atom. The van der Waals surface area contributed by atoms with Crippen LogP contribution in [0.2, 0.25) is 5.02 Å². The highest BCUT2D eigenvalue weighted by molar-refractivity contribution is 8.16. The summed E-state index contributed by atoms with van der Waals surface area (Å²) in [6.07, 6.45) is 2.13. The molecule has 32 heavy (non-hydrogen) atoms. The smallest absolute Gasteiger partial charge is 0.234 e. The van der Waals surface area contributed by atoms with Gasteiger partial charge in [-0.1, -0.05) is 36.7 Å². The lowest BCUT2D eigenvalue weighted by Crippen LogP contribution is -2.17. The number of carbonyl (C=O) groups excluding carboxylic acids is 1. The maximum atomic E-state index is 12.5. The quantitative estimate of drug-likeness (QED) is 0.464. The number of methoxy groups -OCH3 is 1. The molecule has 0 fully saturated rings. The van der Waals surface area contributed by atoms with Crippen molar-refractivity contribution in [3.05, 3.63) is 53.1 Å². The van der Waals surface area contributed by atoms with Gasteiger partial charge in [-0.15, -0.1) is 0 Å². The largest absolute Gasteiger partial charge is 0.495 e. The Balaban J connectivity index is 1.63. The Kier molecular flexibility index (Phi) is 8.21. The first-order chi connectivity index (χ1) is 15.3. The number of hydrogen-bond acceptors (Lipinski definition) is 6. The van der Waals surface area contributed by atoms with Crippen LogP contribution in [-0.2, 0) is 4.79 Å². The zero-order chi connectivity index (χ0) is 23.1. The maximum Gasteiger partial charge on any atom is 0.234 e. The second-order valence-corrected chi connectivity index (χ2v) is 9.16. The van der Waals surface area contributed by atoms with Gasteiger partial charge in [0.1, 0.15) is 22.2 Å². The molecule has 0 bridgehead atoms. The number of benzene rings is 2. The predicted octanol–water partition coefficient (Wildman–Crippen LogP) is 5.84. The van der Waals surface area contributed by atoms with E-state index in [1.54, 1.807) is 25.3 Å². The Hall–Kier alpha value is -2.51. The summed E-state index contributed by atoms with van der Waals surface area (Å²) in [5.74, 6) is 1.45. The molecule has 1 N–H and O–H groups in total. The first-order valence-corrected chi connectivity index (χ1v) is 11.9. The molecule has 1 heterocycles. The molecule has 0 saturated carbocycles. The lowest BCUT2D eigenvalue weighted by molar-refractivity contribution is -0.113. The van der Waals surface area contributed by atoms with Crippen LogP contribution in [0, 0.1) is 0 Å². The second-order valence-electron chi connectivity index (χ2n) is 7.78. The van der Waals surface area contributed by atoms with Crippen molar-refractivity contribution in [3.8, 4) is 11.5 Å². The van der Waals surface area contributed by atoms with Crippen LogP contribution < -0.4 is 14.8 Å². The first kappa shape index (κ1) is 24.1. The predicted molar refractivity (Wildman–Crippen MR) is 134 cm³/mol. The van der Waals surface area contributed by atoms with E-state index < -0.39 is 5.66 Å². The van der Waals surface area contributed by atoms with Gasteiger partial charge in [-0.2, -0.15) is 0 Å². The molecule has 0 saturated heterocycles. The molecule has 2 aromatic rings. The Morgan fingerprint density at radius 1 is 1.16 bits per heavy atom. The third-order valence-electron chi connectivity index (χ3n) is 4.63. The fraction of sp³-hybridized carbons (Fsp3) is 0.375. The van der Waals surface area contributed by atoms with Crippen molar-refractivity contribution in [1.82, 2.24) is 0 Å². The second kappa shape index (κ2) is 10.9. The number of hydrogen-bond donors (Lipinski definition) is 1. The van der Waals surface area contributed by atoms with Crippen molar-refractivity contribution in [2.45, 2.75) is 39.3 Å². The van der Waals surface area contributed by atoms with Gasteiger partial charge in [0.2, 0.25) is 5.91 Å². The van der Waals surface area contributed by atoms with E-state index in [1.165, 1.54) is 11.8 Å². The summed E-state index contributed by atoms with van der Waals surface area (Å²) >= 11 is 7.50. The van der Waals surface area contributed by atoms with Crippen LogP contribution in [0.5, 0.6) is 11.5 Å². The molecule has 1 amide bonds. The number of amides is 1. The summed E-state index contributed by atoms with van der Waals surface area (Å²) in [6, 6.07) is 13.0. The number of rotatable bonds is 9. The first-order valence-electron chi connectivity index (χ1n) is 10.5. The van der Waals surface area contributed by atoms with E-state index in [1.807, 2.05) is 38.1 Å². The SMILES string of the molecule is CCCCOc1ccc(C2=NC(C)(C)N=C2SCC(=O)Nc2ccc(OC)c(Cl)c2)cc1. The highest BCUT2D eigenvalue weighted by atomic mass is 35.5. The summed E-state index contributed by atoms with van der Waals surface area (Å²) in [6.45, 7) is 6.74. The lowest BCUT2D eigenvalue weighted by Gasteiger charge is -2.09. The van der Waals surface area contributed by atoms with Gasteiger partial charge in [-0.3, -0.25) is 9.79 Å². The van der Waals surface area contributed by atoms with E-state index >= 15 is 0 Å². The molecule has 0 radical (unpaired) electrons. The monoisotopic (exact) mass is 473 g/mol. The molecule has 0 aromatic heterocycles. The molecule has 6 nitrogen and oxygen atoms in total. The molecule has 1 aliphatic rings. The minimum absolute atomic E-state index is 0.150. The number of unbranched alkanes of at least 4 members (excludes halogenated alkanes) is 1. The summed E-state index contributed by atoms with van der Waals surface area (Å²) < 4.78 is 10.9. The summed E-state index contributed by atoms with van der Waals surface area (Å²) in [5.41, 5.74) is 1.79. The Bertz CT molecular complexity index is 1020. The number of aliphatic imine (C=N–C) groups is 2. The molecule has 3 rings (SSSR count). The molecule has 0 atom stereocenters. The highest BCUT2D eigenvalue weighted by Crippen LogP contribution is 2.29. The minimum atomic E-state index is -0.562. The van der Waals surface area contributed by atoms with Gasteiger partial charge >= 0.3 is 0 Å². The van der Waals surface area contributed by atoms with E-state index in [4.69, 9.17) is 31.1 Å². The Labute approximate surface area is 198 Å². The van der Waals surface area contributed by atoms with Crippen molar-refractivity contribution >= 4 is 45.7 Å². The van der Waals surface area contributed by atoms with Crippen LogP contribution in [0.3, 0.4) is 0 Å². The van der Waals surface area contributed by atoms with Gasteiger partial charge in [0.15, 0.2) is 0 Å². The number of thioether (sulfide) groups is 1. The van der Waals surface area contributed by atoms with Crippen LogP contribution in [0.25, 0.3) is 0 Å². The van der Waals surface area contributed by atoms with Crippen molar-refractivity contribution < 1.29 is 14.3 Å². The molecular weight excluding hydrogens is 446 g/mol. The molecular formula is C24H28ClN3O3S. The van der Waals surface area contributed by atoms with Crippen molar-refractivity contribution in [2.24, 2.45) is 9.98 Å². The average molecular weight is 474 g/mol. The van der Waals surface area contributed by atoms with Gasteiger partial charge in [0.05, 0.1) is 30.2 Å². The van der Waals surface area contributed by atoms with Gasteiger partial charge in [-0.25, -0.2) is 4.99 Å². The topological polar surface area (TPSA) is 72.3 Å². The molecule has 2 aromatic carbocycles. The average Bonchev–Trinajstić information content (AvgIpc) is 3.07. The van der Waals surface area contributed by atoms with Crippen LogP contribution in [0.4, 0.5) is 5.69 Å². The Morgan fingerprint density at radius 2 is 1.91 bits per heavy atom. The van der Waals surface area contributed by atoms with Crippen molar-refractivity contribution in [2.75, 3.05) is 24.8 Å². The normalized spacial score (nSPS) is 14.5. The van der Waals surface area contributed by atoms with Gasteiger partial charge in [0, 0.05) is 11.3 Å². The third kappa shape index (κ3) is 6.50. The molecule has 0 aliphatic carbocycles. The van der Waals surface area contributed by atoms with E-state index in [0.717, 1.165) is 34.9 Å². The van der Waals surface area contributed by atoms with E-state index in [2.05, 4.69) is 12.2 Å². The summed E-state index contributed by atoms with van der Waals surface area (Å²) in [7, 11) is 1.55.